The predicted molar refractivity (Wildman–Crippen MR) is 40.8 cm³/mol. The third-order valence-corrected chi connectivity index (χ3v) is 1.22. The van der Waals surface area contributed by atoms with Crippen LogP contribution in [0.25, 0.3) is 0 Å². The Morgan fingerprint density at radius 3 is 2.50 bits per heavy atom. The first kappa shape index (κ1) is 8.95. The monoisotopic (exact) mass is 140 g/mol. The van der Waals surface area contributed by atoms with Gasteiger partial charge in [0.2, 0.25) is 0 Å². The second-order valence-electron chi connectivity index (χ2n) is 2.24. The fraction of sp³-hybridized carbons (Fsp3) is 0.375. The maximum Gasteiger partial charge on any atom is 0.310 e. The van der Waals surface area contributed by atoms with E-state index in [9.17, 15) is 4.79 Å². The number of carboxylic acid groups (broad SMARTS) is 1. The summed E-state index contributed by atoms with van der Waals surface area (Å²) < 4.78 is 0. The lowest BCUT2D eigenvalue weighted by Crippen LogP contribution is -2.06. The molecule has 0 radical (unpaired) electrons. The lowest BCUT2D eigenvalue weighted by molar-refractivity contribution is -0.139. The average molecular weight is 140 g/mol. The second-order valence-corrected chi connectivity index (χ2v) is 2.24. The van der Waals surface area contributed by atoms with E-state index in [0.29, 0.717) is 0 Å². The summed E-state index contributed by atoms with van der Waals surface area (Å²) in [6.45, 7) is 6.97. The van der Waals surface area contributed by atoms with Crippen molar-refractivity contribution in [2.75, 3.05) is 0 Å². The average Bonchev–Trinajstić information content (AvgIpc) is 1.87. The van der Waals surface area contributed by atoms with Crippen molar-refractivity contribution in [3.05, 3.63) is 24.3 Å². The van der Waals surface area contributed by atoms with E-state index in [1.807, 2.05) is 6.92 Å². The zero-order valence-corrected chi connectivity index (χ0v) is 6.29. The molecule has 0 heterocycles. The van der Waals surface area contributed by atoms with Gasteiger partial charge >= 0.3 is 5.97 Å². The standard InChI is InChI=1S/C8H12O2/c1-4-6(2)5-7(3)8(9)10/h4-5,7H,1H2,2-3H3,(H,9,10)/b6-5+. The lowest BCUT2D eigenvalue weighted by Gasteiger charge is -1.98. The number of carbonyl (C=O) groups is 1. The predicted octanol–water partition coefficient (Wildman–Crippen LogP) is 1.84. The fourth-order valence-electron chi connectivity index (χ4n) is 0.534. The molecule has 56 valence electrons. The number of carboxylic acids is 1. The molecule has 0 aromatic carbocycles. The first-order chi connectivity index (χ1) is 4.57. The van der Waals surface area contributed by atoms with Crippen molar-refractivity contribution in [3.63, 3.8) is 0 Å². The van der Waals surface area contributed by atoms with Gasteiger partial charge in [-0.1, -0.05) is 24.3 Å². The molecule has 0 saturated heterocycles. The summed E-state index contributed by atoms with van der Waals surface area (Å²) >= 11 is 0. The van der Waals surface area contributed by atoms with E-state index >= 15 is 0 Å². The van der Waals surface area contributed by atoms with Crippen molar-refractivity contribution in [3.8, 4) is 0 Å². The van der Waals surface area contributed by atoms with E-state index in [-0.39, 0.29) is 0 Å². The number of aliphatic carboxylic acids is 1. The van der Waals surface area contributed by atoms with Gasteiger partial charge in [-0.25, -0.2) is 0 Å². The normalized spacial score (nSPS) is 14.4. The van der Waals surface area contributed by atoms with Crippen molar-refractivity contribution in [1.82, 2.24) is 0 Å². The highest BCUT2D eigenvalue weighted by atomic mass is 16.4. The molecule has 0 aromatic heterocycles. The molecule has 0 aliphatic heterocycles. The number of hydrogen-bond donors (Lipinski definition) is 1. The summed E-state index contributed by atoms with van der Waals surface area (Å²) in [4.78, 5) is 10.3. The molecule has 0 aliphatic rings. The third kappa shape index (κ3) is 3.07. The molecule has 0 aliphatic carbocycles. The summed E-state index contributed by atoms with van der Waals surface area (Å²) in [5.41, 5.74) is 0.898. The number of allylic oxidation sites excluding steroid dienone is 2. The highest BCUT2D eigenvalue weighted by Crippen LogP contribution is 2.02. The molecule has 0 spiro atoms. The zero-order chi connectivity index (χ0) is 8.15. The molecule has 1 unspecified atom stereocenters. The third-order valence-electron chi connectivity index (χ3n) is 1.22. The van der Waals surface area contributed by atoms with Gasteiger partial charge in [-0.15, -0.1) is 0 Å². The summed E-state index contributed by atoms with van der Waals surface area (Å²) in [6, 6.07) is 0. The number of rotatable bonds is 3. The fourth-order valence-corrected chi connectivity index (χ4v) is 0.534. The van der Waals surface area contributed by atoms with E-state index in [0.717, 1.165) is 5.57 Å². The van der Waals surface area contributed by atoms with Crippen LogP contribution in [0.3, 0.4) is 0 Å². The molecule has 0 amide bonds. The van der Waals surface area contributed by atoms with Crippen LogP contribution >= 0.6 is 0 Å². The van der Waals surface area contributed by atoms with Crippen LogP contribution < -0.4 is 0 Å². The first-order valence-electron chi connectivity index (χ1n) is 3.11. The lowest BCUT2D eigenvalue weighted by atomic mass is 10.1. The molecule has 0 rings (SSSR count). The molecule has 0 saturated carbocycles. The van der Waals surface area contributed by atoms with Crippen LogP contribution in [0.4, 0.5) is 0 Å². The van der Waals surface area contributed by atoms with Gasteiger partial charge in [-0.3, -0.25) is 4.79 Å². The molecule has 2 nitrogen and oxygen atoms in total. The molecule has 2 heteroatoms. The van der Waals surface area contributed by atoms with E-state index in [1.54, 1.807) is 19.1 Å². The summed E-state index contributed by atoms with van der Waals surface area (Å²) in [5.74, 6) is -1.22. The smallest absolute Gasteiger partial charge is 0.310 e. The van der Waals surface area contributed by atoms with Crippen molar-refractivity contribution in [1.29, 1.82) is 0 Å². The largest absolute Gasteiger partial charge is 0.481 e. The quantitative estimate of drug-likeness (QED) is 0.607. The van der Waals surface area contributed by atoms with Gasteiger partial charge in [0.1, 0.15) is 0 Å². The Morgan fingerprint density at radius 1 is 1.70 bits per heavy atom. The topological polar surface area (TPSA) is 37.3 Å². The van der Waals surface area contributed by atoms with Crippen LogP contribution in [0, 0.1) is 5.92 Å². The van der Waals surface area contributed by atoms with Gasteiger partial charge < -0.3 is 5.11 Å². The van der Waals surface area contributed by atoms with Gasteiger partial charge in [0, 0.05) is 0 Å². The summed E-state index contributed by atoms with van der Waals surface area (Å²) in [5, 5.41) is 8.45. The van der Waals surface area contributed by atoms with Gasteiger partial charge in [0.25, 0.3) is 0 Å². The maximum atomic E-state index is 10.3. The van der Waals surface area contributed by atoms with Crippen LogP contribution in [0.15, 0.2) is 24.3 Å². The Bertz CT molecular complexity index is 168. The van der Waals surface area contributed by atoms with Crippen LogP contribution in [0.1, 0.15) is 13.8 Å². The Hall–Kier alpha value is -1.05. The molecule has 0 fully saturated rings. The van der Waals surface area contributed by atoms with Crippen molar-refractivity contribution >= 4 is 5.97 Å². The van der Waals surface area contributed by atoms with Crippen LogP contribution in [0.2, 0.25) is 0 Å². The molecule has 0 aromatic rings. The van der Waals surface area contributed by atoms with Crippen LogP contribution in [-0.2, 0) is 4.79 Å². The van der Waals surface area contributed by atoms with Crippen molar-refractivity contribution in [2.24, 2.45) is 5.92 Å². The highest BCUT2D eigenvalue weighted by molar-refractivity contribution is 5.71. The molecule has 10 heavy (non-hydrogen) atoms. The van der Waals surface area contributed by atoms with E-state index in [4.69, 9.17) is 5.11 Å². The maximum absolute atomic E-state index is 10.3. The second kappa shape index (κ2) is 3.88. The summed E-state index contributed by atoms with van der Waals surface area (Å²) in [7, 11) is 0. The Balaban J connectivity index is 4.11. The van der Waals surface area contributed by atoms with Crippen LogP contribution in [0.5, 0.6) is 0 Å². The van der Waals surface area contributed by atoms with Gasteiger partial charge in [0.05, 0.1) is 5.92 Å². The Kier molecular flexibility index (Phi) is 3.47. The van der Waals surface area contributed by atoms with Crippen LogP contribution in [-0.4, -0.2) is 11.1 Å². The Morgan fingerprint density at radius 2 is 2.20 bits per heavy atom. The molecule has 1 atom stereocenters. The zero-order valence-electron chi connectivity index (χ0n) is 6.29. The minimum atomic E-state index is -0.804. The summed E-state index contributed by atoms with van der Waals surface area (Å²) in [6.07, 6.45) is 3.30. The van der Waals surface area contributed by atoms with Gasteiger partial charge in [0.15, 0.2) is 0 Å². The van der Waals surface area contributed by atoms with E-state index < -0.39 is 11.9 Å². The minimum absolute atomic E-state index is 0.419. The number of hydrogen-bond acceptors (Lipinski definition) is 1. The SMILES string of the molecule is C=C/C(C)=C/C(C)C(=O)O. The molecule has 0 bridgehead atoms. The highest BCUT2D eigenvalue weighted by Gasteiger charge is 2.05. The molecule has 1 N–H and O–H groups in total. The molecular weight excluding hydrogens is 128 g/mol. The van der Waals surface area contributed by atoms with Gasteiger partial charge in [-0.05, 0) is 13.8 Å². The molecular formula is C8H12O2. The van der Waals surface area contributed by atoms with Gasteiger partial charge in [-0.2, -0.15) is 0 Å². The first-order valence-corrected chi connectivity index (χ1v) is 3.11. The Labute approximate surface area is 60.9 Å². The minimum Gasteiger partial charge on any atom is -0.481 e. The van der Waals surface area contributed by atoms with E-state index in [2.05, 4.69) is 6.58 Å². The van der Waals surface area contributed by atoms with E-state index in [1.165, 1.54) is 0 Å². The van der Waals surface area contributed by atoms with Crippen molar-refractivity contribution < 1.29 is 9.90 Å². The van der Waals surface area contributed by atoms with Crippen molar-refractivity contribution in [2.45, 2.75) is 13.8 Å².